The van der Waals surface area contributed by atoms with Gasteiger partial charge in [-0.05, 0) is 80.2 Å². The molecule has 0 aliphatic heterocycles. The number of carbonyl (C=O) groups is 3. The van der Waals surface area contributed by atoms with E-state index in [0.717, 1.165) is 54.0 Å². The number of aliphatic hydroxyl groups is 3. The molecule has 0 radical (unpaired) electrons. The van der Waals surface area contributed by atoms with Crippen LogP contribution < -0.4 is 0 Å². The Balaban J connectivity index is 1.64. The van der Waals surface area contributed by atoms with Gasteiger partial charge in [-0.1, -0.05) is 75.8 Å². The number of ketones is 3. The lowest BCUT2D eigenvalue weighted by atomic mass is 9.43. The number of rotatable bonds is 8. The highest BCUT2D eigenvalue weighted by molar-refractivity contribution is 6.24. The first-order valence-corrected chi connectivity index (χ1v) is 15.8. The number of hydrogen-bond acceptors (Lipinski definition) is 7. The Kier molecular flexibility index (Phi) is 8.09. The van der Waals surface area contributed by atoms with Gasteiger partial charge in [-0.15, -0.1) is 6.58 Å². The molecule has 0 bridgehead atoms. The first kappa shape index (κ1) is 33.1. The Hall–Kier alpha value is -4.23. The summed E-state index contributed by atoms with van der Waals surface area (Å²) in [4.78, 5) is 40.8. The molecule has 4 N–H and O–H groups in total. The zero-order valence-corrected chi connectivity index (χ0v) is 27.6. The van der Waals surface area contributed by atoms with Crippen LogP contribution in [0.15, 0.2) is 77.6 Å². The Morgan fingerprint density at radius 1 is 0.978 bits per heavy atom. The van der Waals surface area contributed by atoms with Crippen LogP contribution in [0.2, 0.25) is 0 Å². The van der Waals surface area contributed by atoms with Crippen molar-refractivity contribution in [1.82, 2.24) is 0 Å². The maximum atomic E-state index is 14.5. The van der Waals surface area contributed by atoms with Crippen molar-refractivity contribution >= 4 is 23.1 Å². The van der Waals surface area contributed by atoms with Gasteiger partial charge in [0.1, 0.15) is 22.8 Å². The molecule has 0 aromatic heterocycles. The lowest BCUT2D eigenvalue weighted by Crippen LogP contribution is -2.69. The first-order valence-electron chi connectivity index (χ1n) is 15.8. The molecule has 1 unspecified atom stereocenters. The van der Waals surface area contributed by atoms with Crippen molar-refractivity contribution in [3.8, 4) is 16.9 Å². The van der Waals surface area contributed by atoms with Gasteiger partial charge < -0.3 is 20.4 Å². The average Bonchev–Trinajstić information content (AvgIpc) is 2.94. The van der Waals surface area contributed by atoms with E-state index in [-0.39, 0.29) is 35.6 Å². The van der Waals surface area contributed by atoms with Crippen molar-refractivity contribution in [2.45, 2.75) is 79.2 Å². The zero-order chi connectivity index (χ0) is 34.1. The highest BCUT2D eigenvalue weighted by atomic mass is 16.3. The predicted octanol–water partition coefficient (Wildman–Crippen LogP) is 7.31. The summed E-state index contributed by atoms with van der Waals surface area (Å²) in [5.41, 5.74) is -0.252. The van der Waals surface area contributed by atoms with Gasteiger partial charge in [0, 0.05) is 22.3 Å². The van der Waals surface area contributed by atoms with Crippen molar-refractivity contribution in [1.29, 1.82) is 0 Å². The number of aliphatic hydroxyl groups excluding tert-OH is 2. The number of benzene rings is 2. The molecule has 0 heterocycles. The molecule has 2 aromatic carbocycles. The number of phenolic OH excluding ortho intramolecular Hbond substituents is 1. The molecule has 3 aliphatic rings. The van der Waals surface area contributed by atoms with Crippen molar-refractivity contribution < 1.29 is 34.8 Å². The van der Waals surface area contributed by atoms with Crippen LogP contribution >= 0.6 is 0 Å². The summed E-state index contributed by atoms with van der Waals surface area (Å²) in [6, 6.07) is 11.3. The Labute approximate surface area is 270 Å². The highest BCUT2D eigenvalue weighted by Gasteiger charge is 2.72. The van der Waals surface area contributed by atoms with E-state index in [9.17, 15) is 34.8 Å². The van der Waals surface area contributed by atoms with Crippen molar-refractivity contribution in [3.63, 3.8) is 0 Å². The summed E-state index contributed by atoms with van der Waals surface area (Å²) >= 11 is 0. The standard InChI is InChI=1S/C39H44O7/c1-20(2)9-10-22(5)17-24-11-13-25(14-12-24)26-15-16-28(41)30-27(26)18-37(7)19-38(8)31(21(3)4)33(42)29(23(6)40)35(44)39(38,46)36(45)32(37)34(30)43/h11-16,21,31,41,43-44,46H,1,5,9-10,17-19H2,2-4,6-8H3/t31?,37-,38-,39+/m1/s1. The third-order valence-corrected chi connectivity index (χ3v) is 10.5. The van der Waals surface area contributed by atoms with Crippen LogP contribution in [-0.2, 0) is 27.2 Å². The van der Waals surface area contributed by atoms with E-state index in [1.165, 1.54) is 6.07 Å². The molecular formula is C39H44O7. The Morgan fingerprint density at radius 2 is 1.61 bits per heavy atom. The van der Waals surface area contributed by atoms with E-state index in [4.69, 9.17) is 0 Å². The molecule has 5 rings (SSSR count). The summed E-state index contributed by atoms with van der Waals surface area (Å²) in [6.07, 6.45) is 2.76. The zero-order valence-electron chi connectivity index (χ0n) is 27.6. The summed E-state index contributed by atoms with van der Waals surface area (Å²) in [5, 5.41) is 46.4. The largest absolute Gasteiger partial charge is 0.508 e. The minimum absolute atomic E-state index is 0.0469. The van der Waals surface area contributed by atoms with Gasteiger partial charge in [0.05, 0.1) is 5.56 Å². The van der Waals surface area contributed by atoms with Gasteiger partial charge in [-0.25, -0.2) is 0 Å². The molecule has 3 aliphatic carbocycles. The molecule has 4 atom stereocenters. The third kappa shape index (κ3) is 4.79. The van der Waals surface area contributed by atoms with Gasteiger partial charge in [-0.2, -0.15) is 0 Å². The second-order valence-electron chi connectivity index (χ2n) is 14.5. The maximum absolute atomic E-state index is 14.5. The monoisotopic (exact) mass is 624 g/mol. The fourth-order valence-electron chi connectivity index (χ4n) is 8.56. The van der Waals surface area contributed by atoms with E-state index in [2.05, 4.69) is 13.2 Å². The lowest BCUT2D eigenvalue weighted by molar-refractivity contribution is -0.178. The number of aromatic hydroxyl groups is 1. The molecule has 0 spiro atoms. The van der Waals surface area contributed by atoms with Gasteiger partial charge in [0.2, 0.25) is 5.78 Å². The summed E-state index contributed by atoms with van der Waals surface area (Å²) in [6.45, 7) is 18.3. The molecular weight excluding hydrogens is 580 g/mol. The van der Waals surface area contributed by atoms with Crippen LogP contribution in [0.3, 0.4) is 0 Å². The average molecular weight is 625 g/mol. The highest BCUT2D eigenvalue weighted by Crippen LogP contribution is 2.65. The van der Waals surface area contributed by atoms with Gasteiger partial charge in [0.25, 0.3) is 0 Å². The van der Waals surface area contributed by atoms with Crippen molar-refractivity contribution in [2.24, 2.45) is 22.7 Å². The molecule has 1 saturated carbocycles. The second kappa shape index (κ2) is 11.2. The first-order chi connectivity index (χ1) is 21.4. The van der Waals surface area contributed by atoms with E-state index in [1.54, 1.807) is 33.8 Å². The number of allylic oxidation sites excluding steroid dienone is 3. The quantitative estimate of drug-likeness (QED) is 0.179. The molecule has 0 saturated heterocycles. The number of fused-ring (bicyclic) bond motifs is 3. The van der Waals surface area contributed by atoms with Crippen LogP contribution in [0.1, 0.15) is 77.5 Å². The van der Waals surface area contributed by atoms with Crippen LogP contribution in [-0.4, -0.2) is 43.4 Å². The summed E-state index contributed by atoms with van der Waals surface area (Å²) in [5.74, 6) is -5.34. The van der Waals surface area contributed by atoms with E-state index in [0.29, 0.717) is 5.56 Å². The smallest absolute Gasteiger partial charge is 0.203 e. The number of hydrogen-bond donors (Lipinski definition) is 4. The number of carbonyl (C=O) groups excluding carboxylic acids is 3. The number of Topliss-reactive ketones (excluding diaryl/α,β-unsaturated/α-hetero) is 3. The molecule has 2 aromatic rings. The molecule has 242 valence electrons. The third-order valence-electron chi connectivity index (χ3n) is 10.5. The van der Waals surface area contributed by atoms with Crippen LogP contribution in [0.5, 0.6) is 5.75 Å². The topological polar surface area (TPSA) is 132 Å². The fourth-order valence-corrected chi connectivity index (χ4v) is 8.56. The maximum Gasteiger partial charge on any atom is 0.203 e. The van der Waals surface area contributed by atoms with Crippen LogP contribution in [0.4, 0.5) is 0 Å². The summed E-state index contributed by atoms with van der Waals surface area (Å²) < 4.78 is 0. The minimum Gasteiger partial charge on any atom is -0.508 e. The van der Waals surface area contributed by atoms with Crippen LogP contribution in [0.25, 0.3) is 16.9 Å². The summed E-state index contributed by atoms with van der Waals surface area (Å²) in [7, 11) is 0. The lowest BCUT2D eigenvalue weighted by Gasteiger charge is -2.59. The Morgan fingerprint density at radius 3 is 2.17 bits per heavy atom. The minimum atomic E-state index is -2.63. The van der Waals surface area contributed by atoms with E-state index in [1.807, 2.05) is 31.2 Å². The SMILES string of the molecule is C=C(C)CCC(=C)Cc1ccc(-c2ccc(O)c3c2C[C@]2(C)C[C@]4(C)C(C(C)C)C(=O)C(C(C)=O)=C(O)[C@]4(O)C(=O)C2=C3O)cc1. The van der Waals surface area contributed by atoms with Crippen molar-refractivity contribution in [3.05, 3.63) is 94.3 Å². The molecule has 0 amide bonds. The van der Waals surface area contributed by atoms with Gasteiger partial charge in [0.15, 0.2) is 17.2 Å². The molecule has 7 nitrogen and oxygen atoms in total. The second-order valence-corrected chi connectivity index (χ2v) is 14.5. The molecule has 1 fully saturated rings. The van der Waals surface area contributed by atoms with Crippen molar-refractivity contribution in [2.75, 3.05) is 0 Å². The predicted molar refractivity (Wildman–Crippen MR) is 178 cm³/mol. The molecule has 7 heteroatoms. The fraction of sp³-hybridized carbons (Fsp3) is 0.410. The molecule has 46 heavy (non-hydrogen) atoms. The van der Waals surface area contributed by atoms with E-state index < -0.39 is 56.8 Å². The van der Waals surface area contributed by atoms with Crippen LogP contribution in [0, 0.1) is 22.7 Å². The normalized spacial score (nSPS) is 27.3. The number of phenols is 1. The Bertz CT molecular complexity index is 1770. The van der Waals surface area contributed by atoms with E-state index >= 15 is 0 Å². The van der Waals surface area contributed by atoms with Gasteiger partial charge in [-0.3, -0.25) is 14.4 Å². The van der Waals surface area contributed by atoms with Gasteiger partial charge >= 0.3 is 0 Å².